The molecule has 1 unspecified atom stereocenters. The maximum Gasteiger partial charge on any atom is 0.250 e. The summed E-state index contributed by atoms with van der Waals surface area (Å²) in [4.78, 5) is 1.05. The Bertz CT molecular complexity index is 486. The molecule has 0 saturated carbocycles. The number of thioether (sulfide) groups is 1. The fourth-order valence-corrected chi connectivity index (χ4v) is 5.19. The number of hydrogen-bond acceptors (Lipinski definition) is 5. The number of rotatable bonds is 10. The molecular weight excluding hydrogens is 312 g/mol. The van der Waals surface area contributed by atoms with Crippen molar-refractivity contribution < 1.29 is 8.42 Å². The Morgan fingerprint density at radius 2 is 2.10 bits per heavy atom. The quantitative estimate of drug-likeness (QED) is 0.645. The zero-order chi connectivity index (χ0) is 15.0. The van der Waals surface area contributed by atoms with Gasteiger partial charge >= 0.3 is 0 Å². The summed E-state index contributed by atoms with van der Waals surface area (Å²) < 4.78 is 27.8. The third kappa shape index (κ3) is 5.73. The Morgan fingerprint density at radius 1 is 1.35 bits per heavy atom. The van der Waals surface area contributed by atoms with Crippen molar-refractivity contribution in [3.63, 3.8) is 0 Å². The van der Waals surface area contributed by atoms with Crippen LogP contribution in [-0.2, 0) is 16.6 Å². The van der Waals surface area contributed by atoms with Gasteiger partial charge < -0.3 is 5.32 Å². The molecule has 4 nitrogen and oxygen atoms in total. The second-order valence-electron chi connectivity index (χ2n) is 4.58. The van der Waals surface area contributed by atoms with Crippen LogP contribution in [0.2, 0.25) is 0 Å². The fraction of sp³-hybridized carbons (Fsp3) is 0.692. The summed E-state index contributed by atoms with van der Waals surface area (Å²) in [6, 6.07) is 3.58. The third-order valence-corrected chi connectivity index (χ3v) is 6.64. The average molecular weight is 337 g/mol. The first-order valence-corrected chi connectivity index (χ1v) is 10.5. The Labute approximate surface area is 130 Å². The van der Waals surface area contributed by atoms with Crippen LogP contribution in [0.5, 0.6) is 0 Å². The highest BCUT2D eigenvalue weighted by molar-refractivity contribution is 7.98. The van der Waals surface area contributed by atoms with E-state index in [1.165, 1.54) is 11.3 Å². The average Bonchev–Trinajstić information content (AvgIpc) is 2.88. The molecule has 116 valence electrons. The van der Waals surface area contributed by atoms with Crippen LogP contribution in [0, 0.1) is 0 Å². The maximum atomic E-state index is 12.3. The molecule has 2 N–H and O–H groups in total. The predicted octanol–water partition coefficient (Wildman–Crippen LogP) is 2.67. The summed E-state index contributed by atoms with van der Waals surface area (Å²) in [5, 5.41) is 3.28. The first-order chi connectivity index (χ1) is 9.53. The van der Waals surface area contributed by atoms with E-state index >= 15 is 0 Å². The number of sulfonamides is 1. The van der Waals surface area contributed by atoms with E-state index in [-0.39, 0.29) is 6.04 Å². The van der Waals surface area contributed by atoms with Crippen LogP contribution in [0.3, 0.4) is 0 Å². The molecule has 1 aromatic rings. The molecule has 1 atom stereocenters. The van der Waals surface area contributed by atoms with Gasteiger partial charge in [-0.1, -0.05) is 13.8 Å². The van der Waals surface area contributed by atoms with Crippen LogP contribution in [0.15, 0.2) is 16.3 Å². The SMILES string of the molecule is CCCNCc1ccc(S(=O)(=O)NC(CC)CSC)s1. The van der Waals surface area contributed by atoms with Crippen LogP contribution >= 0.6 is 23.1 Å². The van der Waals surface area contributed by atoms with Crippen molar-refractivity contribution in [1.29, 1.82) is 0 Å². The summed E-state index contributed by atoms with van der Waals surface area (Å²) in [6.45, 7) is 5.79. The minimum atomic E-state index is -3.38. The van der Waals surface area contributed by atoms with E-state index in [1.807, 2.05) is 19.2 Å². The highest BCUT2D eigenvalue weighted by atomic mass is 32.2. The summed E-state index contributed by atoms with van der Waals surface area (Å²) in [6.07, 6.45) is 3.86. The molecule has 1 heterocycles. The Hall–Kier alpha value is -0.0800. The van der Waals surface area contributed by atoms with Crippen molar-refractivity contribution in [3.05, 3.63) is 17.0 Å². The topological polar surface area (TPSA) is 58.2 Å². The van der Waals surface area contributed by atoms with Crippen LogP contribution in [0.4, 0.5) is 0 Å². The van der Waals surface area contributed by atoms with Gasteiger partial charge in [-0.05, 0) is 37.8 Å². The second-order valence-corrected chi connectivity index (χ2v) is 8.60. The smallest absolute Gasteiger partial charge is 0.250 e. The minimum Gasteiger partial charge on any atom is -0.312 e. The fourth-order valence-electron chi connectivity index (χ4n) is 1.70. The van der Waals surface area contributed by atoms with Crippen LogP contribution in [0.1, 0.15) is 31.6 Å². The van der Waals surface area contributed by atoms with Gasteiger partial charge in [0, 0.05) is 23.2 Å². The van der Waals surface area contributed by atoms with Crippen molar-refractivity contribution in [2.24, 2.45) is 0 Å². The lowest BCUT2D eigenvalue weighted by Crippen LogP contribution is -2.35. The largest absolute Gasteiger partial charge is 0.312 e. The number of thiophene rings is 1. The molecular formula is C13H24N2O2S3. The third-order valence-electron chi connectivity index (χ3n) is 2.81. The summed E-state index contributed by atoms with van der Waals surface area (Å²) in [5.74, 6) is 0.798. The van der Waals surface area contributed by atoms with Gasteiger partial charge in [0.05, 0.1) is 0 Å². The molecule has 1 rings (SSSR count). The van der Waals surface area contributed by atoms with Crippen LogP contribution < -0.4 is 10.0 Å². The molecule has 0 saturated heterocycles. The molecule has 0 fully saturated rings. The minimum absolute atomic E-state index is 0.00114. The highest BCUT2D eigenvalue weighted by Gasteiger charge is 2.20. The molecule has 20 heavy (non-hydrogen) atoms. The van der Waals surface area contributed by atoms with Crippen LogP contribution in [0.25, 0.3) is 0 Å². The van der Waals surface area contributed by atoms with Gasteiger partial charge in [0.15, 0.2) is 0 Å². The molecule has 0 amide bonds. The molecule has 0 spiro atoms. The van der Waals surface area contributed by atoms with Crippen molar-refractivity contribution in [1.82, 2.24) is 10.0 Å². The van der Waals surface area contributed by atoms with E-state index < -0.39 is 10.0 Å². The van der Waals surface area contributed by atoms with Crippen molar-refractivity contribution >= 4 is 33.1 Å². The highest BCUT2D eigenvalue weighted by Crippen LogP contribution is 2.22. The molecule has 1 aromatic heterocycles. The van der Waals surface area contributed by atoms with Gasteiger partial charge in [0.25, 0.3) is 0 Å². The molecule has 0 aliphatic rings. The Balaban J connectivity index is 2.67. The van der Waals surface area contributed by atoms with Gasteiger partial charge in [-0.25, -0.2) is 13.1 Å². The molecule has 0 radical (unpaired) electrons. The van der Waals surface area contributed by atoms with Gasteiger partial charge in [-0.2, -0.15) is 11.8 Å². The standard InChI is InChI=1S/C13H24N2O2S3/c1-4-8-14-9-12-6-7-13(19-12)20(16,17)15-11(5-2)10-18-3/h6-7,11,14-15H,4-5,8-10H2,1-3H3. The van der Waals surface area contributed by atoms with Gasteiger partial charge in [-0.3, -0.25) is 0 Å². The Kier molecular flexibility index (Phi) is 8.13. The second kappa shape index (κ2) is 9.04. The van der Waals surface area contributed by atoms with Gasteiger partial charge in [-0.15, -0.1) is 11.3 Å². The first kappa shape index (κ1) is 18.0. The Morgan fingerprint density at radius 3 is 2.70 bits per heavy atom. The molecule has 0 aliphatic carbocycles. The molecule has 0 aromatic carbocycles. The van der Waals surface area contributed by atoms with Crippen molar-refractivity contribution in [3.8, 4) is 0 Å². The lowest BCUT2D eigenvalue weighted by atomic mass is 10.3. The zero-order valence-corrected chi connectivity index (χ0v) is 14.8. The normalized spacial score (nSPS) is 13.6. The first-order valence-electron chi connectivity index (χ1n) is 6.84. The lowest BCUT2D eigenvalue weighted by molar-refractivity contribution is 0.560. The van der Waals surface area contributed by atoms with E-state index in [4.69, 9.17) is 0 Å². The van der Waals surface area contributed by atoms with Gasteiger partial charge in [0.2, 0.25) is 10.0 Å². The van der Waals surface area contributed by atoms with E-state index in [1.54, 1.807) is 17.8 Å². The van der Waals surface area contributed by atoms with E-state index in [2.05, 4.69) is 17.0 Å². The zero-order valence-electron chi connectivity index (χ0n) is 12.3. The maximum absolute atomic E-state index is 12.3. The number of nitrogens with one attached hydrogen (secondary N) is 2. The number of hydrogen-bond donors (Lipinski definition) is 2. The summed E-state index contributed by atoms with van der Waals surface area (Å²) in [5.41, 5.74) is 0. The van der Waals surface area contributed by atoms with E-state index in [0.717, 1.165) is 36.6 Å². The van der Waals surface area contributed by atoms with Crippen molar-refractivity contribution in [2.45, 2.75) is 43.5 Å². The van der Waals surface area contributed by atoms with Gasteiger partial charge in [0.1, 0.15) is 4.21 Å². The molecule has 0 aliphatic heterocycles. The summed E-state index contributed by atoms with van der Waals surface area (Å²) >= 11 is 3.00. The monoisotopic (exact) mass is 336 g/mol. The predicted molar refractivity (Wildman–Crippen MR) is 89.1 cm³/mol. The molecule has 7 heteroatoms. The summed E-state index contributed by atoms with van der Waals surface area (Å²) in [7, 11) is -3.38. The van der Waals surface area contributed by atoms with E-state index in [0.29, 0.717) is 4.21 Å². The van der Waals surface area contributed by atoms with Crippen molar-refractivity contribution in [2.75, 3.05) is 18.6 Å². The van der Waals surface area contributed by atoms with Crippen LogP contribution in [-0.4, -0.2) is 33.0 Å². The van der Waals surface area contributed by atoms with E-state index in [9.17, 15) is 8.42 Å². The molecule has 0 bridgehead atoms. The lowest BCUT2D eigenvalue weighted by Gasteiger charge is -2.14.